The number of nitrogens with one attached hydrogen (secondary N) is 1. The van der Waals surface area contributed by atoms with Crippen LogP contribution >= 0.6 is 0 Å². The Balaban J connectivity index is 1.31. The van der Waals surface area contributed by atoms with Crippen LogP contribution in [0.25, 0.3) is 10.8 Å². The van der Waals surface area contributed by atoms with Gasteiger partial charge in [0.2, 0.25) is 5.95 Å². The zero-order valence-electron chi connectivity index (χ0n) is 20.1. The molecule has 1 heterocycles. The number of nitrogens with zero attached hydrogens (tertiary/aromatic N) is 4. The van der Waals surface area contributed by atoms with Crippen molar-refractivity contribution < 1.29 is 4.79 Å². The summed E-state index contributed by atoms with van der Waals surface area (Å²) in [5.74, 6) is 1.77. The fraction of sp³-hybridized carbons (Fsp3) is 0.444. The zero-order chi connectivity index (χ0) is 23.7. The lowest BCUT2D eigenvalue weighted by molar-refractivity contribution is 0.248. The van der Waals surface area contributed by atoms with Gasteiger partial charge in [0.25, 0.3) is 0 Å². The summed E-state index contributed by atoms with van der Waals surface area (Å²) in [4.78, 5) is 26.2. The maximum atomic E-state index is 12.6. The molecule has 34 heavy (non-hydrogen) atoms. The molecule has 3 aromatic rings. The molecule has 178 valence electrons. The van der Waals surface area contributed by atoms with Gasteiger partial charge in [0, 0.05) is 37.1 Å². The Hall–Kier alpha value is -3.35. The third kappa shape index (κ3) is 4.39. The normalized spacial score (nSPS) is 19.9. The molecule has 5 rings (SSSR count). The summed E-state index contributed by atoms with van der Waals surface area (Å²) >= 11 is 0. The topological polar surface area (TPSA) is 87.4 Å². The van der Waals surface area contributed by atoms with Gasteiger partial charge in [-0.05, 0) is 62.8 Å². The number of aryl methyl sites for hydroxylation is 1. The minimum Gasteiger partial charge on any atom is -0.362 e. The van der Waals surface area contributed by atoms with Crippen LogP contribution in [0.4, 0.5) is 22.2 Å². The Kier molecular flexibility index (Phi) is 6.26. The van der Waals surface area contributed by atoms with Crippen molar-refractivity contribution in [1.82, 2.24) is 9.97 Å². The zero-order valence-corrected chi connectivity index (χ0v) is 20.1. The molecule has 0 saturated heterocycles. The third-order valence-electron chi connectivity index (χ3n) is 7.24. The van der Waals surface area contributed by atoms with Gasteiger partial charge in [0.05, 0.1) is 11.4 Å². The predicted octanol–water partition coefficient (Wildman–Crippen LogP) is 4.88. The minimum atomic E-state index is -0.388. The summed E-state index contributed by atoms with van der Waals surface area (Å²) in [6, 6.07) is 14.2. The number of primary amides is 1. The van der Waals surface area contributed by atoms with Crippen molar-refractivity contribution in [1.29, 1.82) is 0 Å². The lowest BCUT2D eigenvalue weighted by Gasteiger charge is -2.37. The highest BCUT2D eigenvalue weighted by Gasteiger charge is 2.30. The molecular formula is C27H34N6O. The molecule has 0 unspecified atom stereocenters. The molecule has 0 bridgehead atoms. The number of fused-ring (bicyclic) bond motifs is 2. The van der Waals surface area contributed by atoms with E-state index in [1.165, 1.54) is 24.1 Å². The highest BCUT2D eigenvalue weighted by atomic mass is 16.2. The number of carbonyl (C=O) groups is 1. The first-order chi connectivity index (χ1) is 16.5. The Bertz CT molecular complexity index is 1180. The number of benzene rings is 2. The van der Waals surface area contributed by atoms with Gasteiger partial charge >= 0.3 is 6.03 Å². The first-order valence-corrected chi connectivity index (χ1v) is 12.4. The van der Waals surface area contributed by atoms with Gasteiger partial charge in [-0.2, -0.15) is 4.98 Å². The predicted molar refractivity (Wildman–Crippen MR) is 139 cm³/mol. The van der Waals surface area contributed by atoms with Crippen LogP contribution in [0.1, 0.15) is 49.8 Å². The highest BCUT2D eigenvalue weighted by molar-refractivity contribution is 6.03. The van der Waals surface area contributed by atoms with Crippen LogP contribution in [0.5, 0.6) is 0 Å². The van der Waals surface area contributed by atoms with Crippen LogP contribution < -0.4 is 20.9 Å². The number of carbonyl (C=O) groups excluding carboxylic acids is 1. The van der Waals surface area contributed by atoms with Gasteiger partial charge in [-0.3, -0.25) is 4.90 Å². The van der Waals surface area contributed by atoms with Crippen molar-refractivity contribution >= 4 is 34.3 Å². The van der Waals surface area contributed by atoms with Crippen molar-refractivity contribution in [3.63, 3.8) is 0 Å². The van der Waals surface area contributed by atoms with Crippen molar-refractivity contribution in [2.75, 3.05) is 29.2 Å². The summed E-state index contributed by atoms with van der Waals surface area (Å²) in [7, 11) is 4.11. The molecule has 7 nitrogen and oxygen atoms in total. The molecule has 3 N–H and O–H groups in total. The van der Waals surface area contributed by atoms with E-state index in [0.29, 0.717) is 0 Å². The molecule has 0 radical (unpaired) electrons. The maximum absolute atomic E-state index is 12.6. The van der Waals surface area contributed by atoms with Gasteiger partial charge in [0.15, 0.2) is 0 Å². The second kappa shape index (κ2) is 9.49. The lowest BCUT2D eigenvalue weighted by atomic mass is 9.89. The van der Waals surface area contributed by atoms with Gasteiger partial charge in [0.1, 0.15) is 5.82 Å². The maximum Gasteiger partial charge on any atom is 0.319 e. The standard InChI is InChI=1S/C27H34N6O/c1-32(2)25-22-11-5-6-12-23(22)30-27(31-25)29-19-14-16-20(17-15-19)33(26(28)34)24-13-7-9-18-8-3-4-10-21(18)24/h3-4,7-10,13,19-20H,5-6,11-12,14-17H2,1-2H3,(H2,28,34)(H,29,30,31)/t19-,20+. The van der Waals surface area contributed by atoms with Crippen LogP contribution in [0.2, 0.25) is 0 Å². The number of urea groups is 1. The summed E-state index contributed by atoms with van der Waals surface area (Å²) in [6.07, 6.45) is 8.14. The van der Waals surface area contributed by atoms with Crippen molar-refractivity contribution in [2.24, 2.45) is 5.73 Å². The van der Waals surface area contributed by atoms with Crippen LogP contribution in [-0.4, -0.2) is 42.2 Å². The number of anilines is 3. The van der Waals surface area contributed by atoms with Gasteiger partial charge < -0.3 is 16.0 Å². The van der Waals surface area contributed by atoms with E-state index >= 15 is 0 Å². The van der Waals surface area contributed by atoms with E-state index in [2.05, 4.69) is 42.5 Å². The lowest BCUT2D eigenvalue weighted by Crippen LogP contribution is -2.47. The van der Waals surface area contributed by atoms with Gasteiger partial charge in [-0.15, -0.1) is 0 Å². The molecule has 0 atom stereocenters. The number of hydrogen-bond acceptors (Lipinski definition) is 5. The number of amides is 2. The minimum absolute atomic E-state index is 0.0862. The summed E-state index contributed by atoms with van der Waals surface area (Å²) in [5, 5.41) is 5.77. The Morgan fingerprint density at radius 3 is 2.47 bits per heavy atom. The van der Waals surface area contributed by atoms with Crippen LogP contribution in [-0.2, 0) is 12.8 Å². The first-order valence-electron chi connectivity index (χ1n) is 12.4. The molecule has 2 amide bonds. The second-order valence-electron chi connectivity index (χ2n) is 9.75. The smallest absolute Gasteiger partial charge is 0.319 e. The molecular weight excluding hydrogens is 424 g/mol. The average Bonchev–Trinajstić information content (AvgIpc) is 2.84. The highest BCUT2D eigenvalue weighted by Crippen LogP contribution is 2.34. The molecule has 2 aliphatic carbocycles. The molecule has 1 aromatic heterocycles. The molecule has 2 aliphatic rings. The van der Waals surface area contributed by atoms with E-state index in [4.69, 9.17) is 15.7 Å². The van der Waals surface area contributed by atoms with Crippen molar-refractivity contribution in [3.8, 4) is 0 Å². The Morgan fingerprint density at radius 1 is 0.971 bits per heavy atom. The number of hydrogen-bond donors (Lipinski definition) is 2. The van der Waals surface area contributed by atoms with Crippen molar-refractivity contribution in [2.45, 2.75) is 63.5 Å². The van der Waals surface area contributed by atoms with Crippen LogP contribution in [0.15, 0.2) is 42.5 Å². The quantitative estimate of drug-likeness (QED) is 0.569. The number of rotatable bonds is 5. The molecule has 7 heteroatoms. The van der Waals surface area contributed by atoms with E-state index < -0.39 is 0 Å². The second-order valence-corrected chi connectivity index (χ2v) is 9.75. The van der Waals surface area contributed by atoms with E-state index in [9.17, 15) is 4.79 Å². The van der Waals surface area contributed by atoms with E-state index in [0.717, 1.165) is 66.8 Å². The molecule has 2 aromatic carbocycles. The largest absolute Gasteiger partial charge is 0.362 e. The Labute approximate surface area is 201 Å². The first kappa shape index (κ1) is 22.4. The Morgan fingerprint density at radius 2 is 1.71 bits per heavy atom. The molecule has 1 saturated carbocycles. The van der Waals surface area contributed by atoms with Gasteiger partial charge in [-0.1, -0.05) is 36.4 Å². The van der Waals surface area contributed by atoms with E-state index in [1.54, 1.807) is 4.90 Å². The average molecular weight is 459 g/mol. The molecule has 1 fully saturated rings. The molecule has 0 spiro atoms. The molecule has 0 aliphatic heterocycles. The van der Waals surface area contributed by atoms with E-state index in [1.807, 2.05) is 24.3 Å². The summed E-state index contributed by atoms with van der Waals surface area (Å²) < 4.78 is 0. The number of aromatic nitrogens is 2. The SMILES string of the molecule is CN(C)c1nc(N[C@H]2CC[C@@H](N(C(N)=O)c3cccc4ccccc34)CC2)nc2c1CCCC2. The van der Waals surface area contributed by atoms with Crippen molar-refractivity contribution in [3.05, 3.63) is 53.7 Å². The fourth-order valence-corrected chi connectivity index (χ4v) is 5.58. The fourth-order valence-electron chi connectivity index (χ4n) is 5.58. The summed E-state index contributed by atoms with van der Waals surface area (Å²) in [5.41, 5.74) is 9.30. The van der Waals surface area contributed by atoms with E-state index in [-0.39, 0.29) is 18.1 Å². The monoisotopic (exact) mass is 458 g/mol. The third-order valence-corrected chi connectivity index (χ3v) is 7.24. The van der Waals surface area contributed by atoms with Crippen LogP contribution in [0.3, 0.4) is 0 Å². The van der Waals surface area contributed by atoms with Gasteiger partial charge in [-0.25, -0.2) is 9.78 Å². The summed E-state index contributed by atoms with van der Waals surface area (Å²) in [6.45, 7) is 0. The van der Waals surface area contributed by atoms with Crippen LogP contribution in [0, 0.1) is 0 Å². The number of nitrogens with two attached hydrogens (primary N) is 1.